The molecule has 2 aromatic carbocycles. The minimum absolute atomic E-state index is 0.0449. The first-order valence-corrected chi connectivity index (χ1v) is 12.7. The summed E-state index contributed by atoms with van der Waals surface area (Å²) in [6, 6.07) is 17.0. The number of hydrazone groups is 1. The quantitative estimate of drug-likeness (QED) is 0.298. The van der Waals surface area contributed by atoms with Gasteiger partial charge in [0.2, 0.25) is 0 Å². The molecule has 0 aliphatic rings. The summed E-state index contributed by atoms with van der Waals surface area (Å²) in [4.78, 5) is 25.3. The number of alkyl carbamates (subject to hydrolysis) is 1. The van der Waals surface area contributed by atoms with E-state index in [-0.39, 0.29) is 6.61 Å². The fraction of sp³-hybridized carbons (Fsp3) is 0.367. The third-order valence-corrected chi connectivity index (χ3v) is 6.00. The number of carbonyl (C=O) groups is 2. The molecular formula is C30H38N4O4. The van der Waals surface area contributed by atoms with Gasteiger partial charge in [-0.25, -0.2) is 10.2 Å². The number of hydrogen-bond donors (Lipinski definition) is 2. The number of hydrogen-bond acceptors (Lipinski definition) is 5. The van der Waals surface area contributed by atoms with Crippen LogP contribution in [-0.2, 0) is 20.9 Å². The Bertz CT molecular complexity index is 1290. The van der Waals surface area contributed by atoms with Gasteiger partial charge in [-0.15, -0.1) is 0 Å². The van der Waals surface area contributed by atoms with Crippen molar-refractivity contribution >= 4 is 18.2 Å². The third kappa shape index (κ3) is 8.05. The van der Waals surface area contributed by atoms with Crippen molar-refractivity contribution in [1.29, 1.82) is 0 Å². The fourth-order valence-electron chi connectivity index (χ4n) is 3.93. The van der Waals surface area contributed by atoms with E-state index in [4.69, 9.17) is 9.47 Å². The number of ether oxygens (including phenoxy) is 2. The molecule has 1 heterocycles. The van der Waals surface area contributed by atoms with Gasteiger partial charge < -0.3 is 19.4 Å². The van der Waals surface area contributed by atoms with Gasteiger partial charge in [-0.2, -0.15) is 5.10 Å². The zero-order valence-corrected chi connectivity index (χ0v) is 23.3. The molecule has 0 saturated heterocycles. The maximum absolute atomic E-state index is 12.9. The lowest BCUT2D eigenvalue weighted by molar-refractivity contribution is -0.124. The van der Waals surface area contributed by atoms with E-state index in [0.29, 0.717) is 6.61 Å². The molecular weight excluding hydrogens is 480 g/mol. The van der Waals surface area contributed by atoms with Crippen LogP contribution in [0.2, 0.25) is 0 Å². The van der Waals surface area contributed by atoms with Crippen molar-refractivity contribution in [2.45, 2.75) is 66.7 Å². The highest BCUT2D eigenvalue weighted by Crippen LogP contribution is 2.22. The summed E-state index contributed by atoms with van der Waals surface area (Å²) >= 11 is 0. The molecule has 1 atom stereocenters. The normalized spacial score (nSPS) is 12.4. The summed E-state index contributed by atoms with van der Waals surface area (Å²) in [6.07, 6.45) is 0.898. The molecule has 202 valence electrons. The molecule has 8 nitrogen and oxygen atoms in total. The molecule has 2 N–H and O–H groups in total. The van der Waals surface area contributed by atoms with Crippen molar-refractivity contribution < 1.29 is 19.1 Å². The number of nitrogens with one attached hydrogen (secondary N) is 2. The Morgan fingerprint density at radius 3 is 2.37 bits per heavy atom. The van der Waals surface area contributed by atoms with Gasteiger partial charge >= 0.3 is 6.09 Å². The molecule has 0 unspecified atom stereocenters. The van der Waals surface area contributed by atoms with E-state index in [9.17, 15) is 9.59 Å². The molecule has 1 aromatic heterocycles. The largest absolute Gasteiger partial charge is 0.444 e. The molecule has 8 heteroatoms. The molecule has 0 aliphatic carbocycles. The van der Waals surface area contributed by atoms with Crippen molar-refractivity contribution in [2.24, 2.45) is 5.10 Å². The highest BCUT2D eigenvalue weighted by atomic mass is 16.6. The number of aromatic nitrogens is 1. The second kappa shape index (κ2) is 12.6. The average Bonchev–Trinajstić information content (AvgIpc) is 3.12. The zero-order valence-electron chi connectivity index (χ0n) is 23.3. The van der Waals surface area contributed by atoms with Crippen LogP contribution in [0.5, 0.6) is 0 Å². The fourth-order valence-corrected chi connectivity index (χ4v) is 3.93. The second-order valence-corrected chi connectivity index (χ2v) is 10.4. The smallest absolute Gasteiger partial charge is 0.408 e. The minimum Gasteiger partial charge on any atom is -0.444 e. The summed E-state index contributed by atoms with van der Waals surface area (Å²) in [5.41, 5.74) is 9.24. The molecule has 2 amide bonds. The molecule has 0 saturated carbocycles. The van der Waals surface area contributed by atoms with Crippen LogP contribution in [0.3, 0.4) is 0 Å². The van der Waals surface area contributed by atoms with Crippen LogP contribution in [0.1, 0.15) is 54.4 Å². The topological polar surface area (TPSA) is 94.0 Å². The van der Waals surface area contributed by atoms with Gasteiger partial charge in [0, 0.05) is 22.6 Å². The number of aryl methyl sites for hydroxylation is 3. The van der Waals surface area contributed by atoms with E-state index in [2.05, 4.69) is 52.5 Å². The highest BCUT2D eigenvalue weighted by Gasteiger charge is 2.24. The first-order valence-electron chi connectivity index (χ1n) is 12.7. The summed E-state index contributed by atoms with van der Waals surface area (Å²) in [7, 11) is 0. The summed E-state index contributed by atoms with van der Waals surface area (Å²) < 4.78 is 13.2. The van der Waals surface area contributed by atoms with Crippen LogP contribution in [0.15, 0.2) is 59.7 Å². The summed E-state index contributed by atoms with van der Waals surface area (Å²) in [5.74, 6) is -0.511. The summed E-state index contributed by atoms with van der Waals surface area (Å²) in [6.45, 7) is 13.7. The lowest BCUT2D eigenvalue weighted by atomic mass is 10.1. The zero-order chi connectivity index (χ0) is 27.9. The number of benzene rings is 2. The van der Waals surface area contributed by atoms with Crippen LogP contribution in [-0.4, -0.2) is 41.0 Å². The number of amides is 2. The minimum atomic E-state index is -0.992. The van der Waals surface area contributed by atoms with Crippen LogP contribution in [0, 0.1) is 27.7 Å². The standard InChI is InChI=1S/C30H38N4O4/c1-20-13-14-26(15-21(20)2)34-22(3)16-25(23(34)4)17-31-33-28(35)27(32-29(36)38-30(5,6)7)19-37-18-24-11-9-8-10-12-24/h8-17,27H,18-19H2,1-7H3,(H,32,36)(H,33,35)/b31-17-/t27-/m0/s1. The number of carbonyl (C=O) groups excluding carboxylic acids is 2. The first-order chi connectivity index (χ1) is 17.9. The van der Waals surface area contributed by atoms with E-state index < -0.39 is 23.6 Å². The van der Waals surface area contributed by atoms with Crippen molar-refractivity contribution in [2.75, 3.05) is 6.61 Å². The van der Waals surface area contributed by atoms with E-state index in [0.717, 1.165) is 28.2 Å². The van der Waals surface area contributed by atoms with Gasteiger partial charge in [0.05, 0.1) is 19.4 Å². The Balaban J connectivity index is 1.69. The van der Waals surface area contributed by atoms with Crippen LogP contribution >= 0.6 is 0 Å². The monoisotopic (exact) mass is 518 g/mol. The van der Waals surface area contributed by atoms with Crippen LogP contribution in [0.4, 0.5) is 4.79 Å². The molecule has 0 bridgehead atoms. The van der Waals surface area contributed by atoms with Crippen molar-refractivity contribution in [3.05, 3.63) is 88.2 Å². The van der Waals surface area contributed by atoms with E-state index >= 15 is 0 Å². The maximum Gasteiger partial charge on any atom is 0.408 e. The SMILES string of the molecule is Cc1ccc(-n2c(C)cc(/C=N\NC(=O)[C@H](COCc3ccccc3)NC(=O)OC(C)(C)C)c2C)cc1C. The molecule has 0 fully saturated rings. The van der Waals surface area contributed by atoms with Crippen LogP contribution < -0.4 is 10.7 Å². The first kappa shape index (κ1) is 28.7. The van der Waals surface area contributed by atoms with Gasteiger partial charge in [0.1, 0.15) is 11.6 Å². The lowest BCUT2D eigenvalue weighted by Crippen LogP contribution is -2.49. The Morgan fingerprint density at radius 1 is 1.00 bits per heavy atom. The molecule has 38 heavy (non-hydrogen) atoms. The van der Waals surface area contributed by atoms with E-state index in [1.807, 2.05) is 50.2 Å². The van der Waals surface area contributed by atoms with Crippen molar-refractivity contribution in [3.8, 4) is 5.69 Å². The van der Waals surface area contributed by atoms with Gasteiger partial charge in [0.15, 0.2) is 0 Å². The molecule has 3 rings (SSSR count). The van der Waals surface area contributed by atoms with Gasteiger partial charge in [-0.05, 0) is 83.4 Å². The Hall–Kier alpha value is -3.91. The lowest BCUT2D eigenvalue weighted by Gasteiger charge is -2.22. The molecule has 0 radical (unpaired) electrons. The predicted molar refractivity (Wildman–Crippen MR) is 150 cm³/mol. The van der Waals surface area contributed by atoms with E-state index in [1.165, 1.54) is 11.1 Å². The van der Waals surface area contributed by atoms with Crippen molar-refractivity contribution in [3.63, 3.8) is 0 Å². The maximum atomic E-state index is 12.9. The Kier molecular flexibility index (Phi) is 9.47. The van der Waals surface area contributed by atoms with Gasteiger partial charge in [-0.3, -0.25) is 4.79 Å². The van der Waals surface area contributed by atoms with E-state index in [1.54, 1.807) is 27.0 Å². The Labute approximate surface area is 225 Å². The average molecular weight is 519 g/mol. The van der Waals surface area contributed by atoms with Gasteiger partial charge in [-0.1, -0.05) is 36.4 Å². The second-order valence-electron chi connectivity index (χ2n) is 10.4. The van der Waals surface area contributed by atoms with Gasteiger partial charge in [0.25, 0.3) is 5.91 Å². The molecule has 0 aliphatic heterocycles. The molecule has 0 spiro atoms. The van der Waals surface area contributed by atoms with Crippen molar-refractivity contribution in [1.82, 2.24) is 15.3 Å². The number of nitrogens with zero attached hydrogens (tertiary/aromatic N) is 2. The highest BCUT2D eigenvalue weighted by molar-refractivity contribution is 5.88. The number of rotatable bonds is 9. The predicted octanol–water partition coefficient (Wildman–Crippen LogP) is 5.27. The Morgan fingerprint density at radius 2 is 1.71 bits per heavy atom. The van der Waals surface area contributed by atoms with Crippen LogP contribution in [0.25, 0.3) is 5.69 Å². The third-order valence-electron chi connectivity index (χ3n) is 6.00. The molecule has 3 aromatic rings. The summed E-state index contributed by atoms with van der Waals surface area (Å²) in [5, 5.41) is 6.75.